The summed E-state index contributed by atoms with van der Waals surface area (Å²) >= 11 is 5.02. The second-order valence-corrected chi connectivity index (χ2v) is 4.01. The molecule has 0 aliphatic carbocycles. The first-order valence-corrected chi connectivity index (χ1v) is 5.35. The number of benzene rings is 1. The van der Waals surface area contributed by atoms with Crippen LogP contribution in [0, 0.1) is 5.82 Å². The molecule has 0 spiro atoms. The Bertz CT molecular complexity index is 382. The standard InChI is InChI=1S/C11H15FN2OS/c1-7(2)13-11(16)14-10-6-8(15-3)4-5-9(10)12/h4-7H,1-3H3,(H2,13,14,16). The van der Waals surface area contributed by atoms with Gasteiger partial charge in [0.15, 0.2) is 5.11 Å². The molecule has 0 amide bonds. The highest BCUT2D eigenvalue weighted by atomic mass is 32.1. The third-order valence-corrected chi connectivity index (χ3v) is 2.06. The van der Waals surface area contributed by atoms with Gasteiger partial charge >= 0.3 is 0 Å². The Hall–Kier alpha value is -1.36. The SMILES string of the molecule is COc1ccc(F)c(NC(=S)NC(C)C)c1. The molecule has 0 aliphatic heterocycles. The second kappa shape index (κ2) is 5.65. The van der Waals surface area contributed by atoms with Crippen molar-refractivity contribution in [2.45, 2.75) is 19.9 Å². The van der Waals surface area contributed by atoms with Crippen LogP contribution in [0.15, 0.2) is 18.2 Å². The van der Waals surface area contributed by atoms with Crippen LogP contribution in [0.25, 0.3) is 0 Å². The van der Waals surface area contributed by atoms with Gasteiger partial charge < -0.3 is 15.4 Å². The van der Waals surface area contributed by atoms with Crippen LogP contribution in [0.1, 0.15) is 13.8 Å². The fraction of sp³-hybridized carbons (Fsp3) is 0.364. The summed E-state index contributed by atoms with van der Waals surface area (Å²) in [7, 11) is 1.53. The molecule has 2 N–H and O–H groups in total. The molecule has 5 heteroatoms. The molecule has 0 aliphatic rings. The summed E-state index contributed by atoms with van der Waals surface area (Å²) < 4.78 is 18.4. The molecule has 3 nitrogen and oxygen atoms in total. The van der Waals surface area contributed by atoms with Crippen molar-refractivity contribution in [2.75, 3.05) is 12.4 Å². The number of hydrogen-bond donors (Lipinski definition) is 2. The van der Waals surface area contributed by atoms with Crippen molar-refractivity contribution < 1.29 is 9.13 Å². The molecule has 0 bridgehead atoms. The molecule has 1 aromatic carbocycles. The zero-order valence-corrected chi connectivity index (χ0v) is 10.3. The highest BCUT2D eigenvalue weighted by molar-refractivity contribution is 7.80. The number of rotatable bonds is 3. The lowest BCUT2D eigenvalue weighted by Gasteiger charge is -2.14. The first-order chi connectivity index (χ1) is 7.52. The smallest absolute Gasteiger partial charge is 0.171 e. The Morgan fingerprint density at radius 1 is 1.44 bits per heavy atom. The van der Waals surface area contributed by atoms with Crippen LogP contribution in [0.3, 0.4) is 0 Å². The maximum absolute atomic E-state index is 13.4. The predicted molar refractivity (Wildman–Crippen MR) is 67.4 cm³/mol. The van der Waals surface area contributed by atoms with Gasteiger partial charge in [-0.1, -0.05) is 0 Å². The van der Waals surface area contributed by atoms with E-state index in [1.54, 1.807) is 12.1 Å². The summed E-state index contributed by atoms with van der Waals surface area (Å²) in [6.07, 6.45) is 0. The lowest BCUT2D eigenvalue weighted by Crippen LogP contribution is -2.34. The van der Waals surface area contributed by atoms with Crippen LogP contribution >= 0.6 is 12.2 Å². The Morgan fingerprint density at radius 3 is 2.69 bits per heavy atom. The van der Waals surface area contributed by atoms with E-state index in [0.29, 0.717) is 16.5 Å². The van der Waals surface area contributed by atoms with Crippen molar-refractivity contribution in [2.24, 2.45) is 0 Å². The predicted octanol–water partition coefficient (Wildman–Crippen LogP) is 2.53. The molecular weight excluding hydrogens is 227 g/mol. The average molecular weight is 242 g/mol. The number of hydrogen-bond acceptors (Lipinski definition) is 2. The molecule has 0 aromatic heterocycles. The third-order valence-electron chi connectivity index (χ3n) is 1.84. The number of thiocarbonyl (C=S) groups is 1. The van der Waals surface area contributed by atoms with E-state index < -0.39 is 0 Å². The van der Waals surface area contributed by atoms with Gasteiger partial charge in [0.05, 0.1) is 12.8 Å². The Kier molecular flexibility index (Phi) is 4.49. The quantitative estimate of drug-likeness (QED) is 0.798. The lowest BCUT2D eigenvalue weighted by molar-refractivity contribution is 0.414. The monoisotopic (exact) mass is 242 g/mol. The molecule has 0 saturated carbocycles. The van der Waals surface area contributed by atoms with Gasteiger partial charge in [-0.2, -0.15) is 0 Å². The van der Waals surface area contributed by atoms with E-state index in [0.717, 1.165) is 0 Å². The van der Waals surface area contributed by atoms with E-state index in [1.165, 1.54) is 13.2 Å². The molecule has 0 atom stereocenters. The fourth-order valence-electron chi connectivity index (χ4n) is 1.15. The molecular formula is C11H15FN2OS. The third kappa shape index (κ3) is 3.66. The van der Waals surface area contributed by atoms with Crippen molar-refractivity contribution in [3.05, 3.63) is 24.0 Å². The van der Waals surface area contributed by atoms with E-state index in [2.05, 4.69) is 10.6 Å². The molecule has 0 saturated heterocycles. The van der Waals surface area contributed by atoms with Gasteiger partial charge in [0.2, 0.25) is 0 Å². The summed E-state index contributed by atoms with van der Waals surface area (Å²) in [4.78, 5) is 0. The number of ether oxygens (including phenoxy) is 1. The maximum atomic E-state index is 13.4. The van der Waals surface area contributed by atoms with Gasteiger partial charge in [0.1, 0.15) is 11.6 Å². The van der Waals surface area contributed by atoms with Crippen molar-refractivity contribution in [1.82, 2.24) is 5.32 Å². The van der Waals surface area contributed by atoms with Crippen LogP contribution in [-0.2, 0) is 0 Å². The number of anilines is 1. The number of nitrogens with one attached hydrogen (secondary N) is 2. The largest absolute Gasteiger partial charge is 0.497 e. The molecule has 0 heterocycles. The molecule has 1 aromatic rings. The van der Waals surface area contributed by atoms with Gasteiger partial charge in [-0.3, -0.25) is 0 Å². The maximum Gasteiger partial charge on any atom is 0.171 e. The highest BCUT2D eigenvalue weighted by Gasteiger charge is 2.06. The van der Waals surface area contributed by atoms with Crippen molar-refractivity contribution in [1.29, 1.82) is 0 Å². The van der Waals surface area contributed by atoms with E-state index in [1.807, 2.05) is 13.8 Å². The minimum Gasteiger partial charge on any atom is -0.497 e. The number of halogens is 1. The van der Waals surface area contributed by atoms with Gasteiger partial charge in [0, 0.05) is 12.1 Å². The summed E-state index contributed by atoms with van der Waals surface area (Å²) in [5.41, 5.74) is 0.303. The zero-order chi connectivity index (χ0) is 12.1. The summed E-state index contributed by atoms with van der Waals surface area (Å²) in [5.74, 6) is 0.213. The van der Waals surface area contributed by atoms with E-state index in [-0.39, 0.29) is 11.9 Å². The Morgan fingerprint density at radius 2 is 2.12 bits per heavy atom. The normalized spacial score (nSPS) is 10.1. The molecule has 0 radical (unpaired) electrons. The van der Waals surface area contributed by atoms with Crippen molar-refractivity contribution in [3.8, 4) is 5.75 Å². The van der Waals surface area contributed by atoms with Gasteiger partial charge in [0.25, 0.3) is 0 Å². The molecule has 0 fully saturated rings. The summed E-state index contributed by atoms with van der Waals surface area (Å²) in [5, 5.41) is 6.14. The molecule has 1 rings (SSSR count). The Labute approximate surface area is 100.0 Å². The fourth-order valence-corrected chi connectivity index (χ4v) is 1.49. The van der Waals surface area contributed by atoms with Crippen LogP contribution in [-0.4, -0.2) is 18.3 Å². The molecule has 0 unspecified atom stereocenters. The summed E-state index contributed by atoms with van der Waals surface area (Å²) in [6.45, 7) is 3.91. The van der Waals surface area contributed by atoms with E-state index in [9.17, 15) is 4.39 Å². The van der Waals surface area contributed by atoms with Crippen LogP contribution in [0.5, 0.6) is 5.75 Å². The van der Waals surface area contributed by atoms with Crippen LogP contribution in [0.2, 0.25) is 0 Å². The first kappa shape index (κ1) is 12.7. The Balaban J connectivity index is 2.75. The first-order valence-electron chi connectivity index (χ1n) is 4.94. The minimum atomic E-state index is -0.367. The van der Waals surface area contributed by atoms with E-state index in [4.69, 9.17) is 17.0 Å². The highest BCUT2D eigenvalue weighted by Crippen LogP contribution is 2.20. The van der Waals surface area contributed by atoms with Gasteiger partial charge in [-0.25, -0.2) is 4.39 Å². The average Bonchev–Trinajstić information content (AvgIpc) is 2.20. The van der Waals surface area contributed by atoms with Gasteiger partial charge in [-0.05, 0) is 38.2 Å². The van der Waals surface area contributed by atoms with Crippen molar-refractivity contribution >= 4 is 23.0 Å². The van der Waals surface area contributed by atoms with Gasteiger partial charge in [-0.15, -0.1) is 0 Å². The minimum absolute atomic E-state index is 0.202. The van der Waals surface area contributed by atoms with E-state index >= 15 is 0 Å². The van der Waals surface area contributed by atoms with Crippen LogP contribution < -0.4 is 15.4 Å². The topological polar surface area (TPSA) is 33.3 Å². The number of methoxy groups -OCH3 is 1. The molecule has 88 valence electrons. The van der Waals surface area contributed by atoms with Crippen LogP contribution in [0.4, 0.5) is 10.1 Å². The lowest BCUT2D eigenvalue weighted by atomic mass is 10.3. The summed E-state index contributed by atoms with van der Waals surface area (Å²) in [6, 6.07) is 4.65. The molecule has 16 heavy (non-hydrogen) atoms. The second-order valence-electron chi connectivity index (χ2n) is 3.60. The zero-order valence-electron chi connectivity index (χ0n) is 9.50. The van der Waals surface area contributed by atoms with Crippen molar-refractivity contribution in [3.63, 3.8) is 0 Å².